The fourth-order valence-corrected chi connectivity index (χ4v) is 4.42. The molecule has 0 N–H and O–H groups in total. The Labute approximate surface area is 88.5 Å². The summed E-state index contributed by atoms with van der Waals surface area (Å²) < 4.78 is 0. The molecular formula is C12H19OS+. The van der Waals surface area contributed by atoms with Gasteiger partial charge in [-0.3, -0.25) is 4.79 Å². The second kappa shape index (κ2) is 4.92. The van der Waals surface area contributed by atoms with Gasteiger partial charge in [-0.2, -0.15) is 0 Å². The molecule has 0 saturated carbocycles. The summed E-state index contributed by atoms with van der Waals surface area (Å²) in [6, 6.07) is 0. The van der Waals surface area contributed by atoms with Gasteiger partial charge in [-0.25, -0.2) is 0 Å². The Kier molecular flexibility index (Phi) is 3.57. The van der Waals surface area contributed by atoms with Gasteiger partial charge >= 0.3 is 0 Å². The molecule has 0 bridgehead atoms. The number of thiol groups is 1. The molecule has 1 saturated heterocycles. The number of carbonyl (C=O) groups excluding carboxylic acids is 1. The number of Topliss-reactive ketones (excluding diaryl/α,β-unsaturated/α-hetero) is 1. The number of ketones is 1. The quantitative estimate of drug-likeness (QED) is 0.388. The van der Waals surface area contributed by atoms with E-state index in [0.29, 0.717) is 5.78 Å². The van der Waals surface area contributed by atoms with Crippen molar-refractivity contribution in [3.63, 3.8) is 0 Å². The summed E-state index contributed by atoms with van der Waals surface area (Å²) in [6.07, 6.45) is 9.47. The molecule has 2 aliphatic rings. The second-order valence-corrected chi connectivity index (χ2v) is 6.54. The van der Waals surface area contributed by atoms with Crippen molar-refractivity contribution in [2.24, 2.45) is 0 Å². The maximum atomic E-state index is 11.8. The molecule has 1 aliphatic carbocycles. The smallest absolute Gasteiger partial charge is 0.224 e. The van der Waals surface area contributed by atoms with Gasteiger partial charge in [-0.15, -0.1) is 10.5 Å². The van der Waals surface area contributed by atoms with Gasteiger partial charge in [0, 0.05) is 0 Å². The van der Waals surface area contributed by atoms with Crippen molar-refractivity contribution in [1.29, 1.82) is 0 Å². The van der Waals surface area contributed by atoms with Crippen molar-refractivity contribution < 1.29 is 4.79 Å². The van der Waals surface area contributed by atoms with Crippen LogP contribution in [0.2, 0.25) is 0 Å². The first-order valence-corrected chi connectivity index (χ1v) is 7.47. The summed E-state index contributed by atoms with van der Waals surface area (Å²) in [6.45, 7) is 0. The Morgan fingerprint density at radius 1 is 1.21 bits per heavy atom. The van der Waals surface area contributed by atoms with Crippen molar-refractivity contribution in [2.45, 2.75) is 38.5 Å². The molecule has 1 nitrogen and oxygen atoms in total. The van der Waals surface area contributed by atoms with E-state index in [9.17, 15) is 4.79 Å². The minimum atomic E-state index is -0.0247. The molecule has 14 heavy (non-hydrogen) atoms. The van der Waals surface area contributed by atoms with Gasteiger partial charge in [0.25, 0.3) is 0 Å². The molecule has 2 heteroatoms. The molecule has 0 aromatic carbocycles. The van der Waals surface area contributed by atoms with Crippen LogP contribution in [0.3, 0.4) is 0 Å². The fourth-order valence-electron chi connectivity index (χ4n) is 2.18. The fraction of sp³-hybridized carbons (Fsp3) is 0.667. The highest BCUT2D eigenvalue weighted by atomic mass is 32.2. The van der Waals surface area contributed by atoms with Crippen molar-refractivity contribution in [2.75, 3.05) is 11.5 Å². The van der Waals surface area contributed by atoms with Crippen LogP contribution < -0.4 is 0 Å². The number of hydrogen-bond donors (Lipinski definition) is 0. The van der Waals surface area contributed by atoms with Crippen molar-refractivity contribution >= 4 is 21.6 Å². The largest absolute Gasteiger partial charge is 0.285 e. The normalized spacial score (nSPS) is 23.3. The highest BCUT2D eigenvalue weighted by molar-refractivity contribution is 7.96. The maximum Gasteiger partial charge on any atom is 0.224 e. The Morgan fingerprint density at radius 2 is 2.00 bits per heavy atom. The van der Waals surface area contributed by atoms with Crippen LogP contribution in [0.15, 0.2) is 11.6 Å². The topological polar surface area (TPSA) is 17.1 Å². The highest BCUT2D eigenvalue weighted by Crippen LogP contribution is 2.18. The zero-order valence-corrected chi connectivity index (χ0v) is 9.56. The minimum Gasteiger partial charge on any atom is -0.285 e. The van der Waals surface area contributed by atoms with Crippen LogP contribution in [0.5, 0.6) is 0 Å². The van der Waals surface area contributed by atoms with E-state index in [1.165, 1.54) is 37.2 Å². The zero-order valence-electron chi connectivity index (χ0n) is 8.67. The van der Waals surface area contributed by atoms with E-state index in [4.69, 9.17) is 0 Å². The predicted octanol–water partition coefficient (Wildman–Crippen LogP) is 2.00. The lowest BCUT2D eigenvalue weighted by atomic mass is 9.97. The SMILES string of the molecule is O=C(C=[SH+]1CCCC1)C1=CCCCC1. The van der Waals surface area contributed by atoms with E-state index in [0.717, 1.165) is 18.4 Å². The summed E-state index contributed by atoms with van der Waals surface area (Å²) >= 11 is 0. The molecule has 0 spiro atoms. The first kappa shape index (κ1) is 10.2. The summed E-state index contributed by atoms with van der Waals surface area (Å²) in [5.74, 6) is 2.96. The highest BCUT2D eigenvalue weighted by Gasteiger charge is 2.16. The first-order valence-electron chi connectivity index (χ1n) is 5.68. The van der Waals surface area contributed by atoms with Gasteiger partial charge in [-0.05, 0) is 44.1 Å². The number of carbonyl (C=O) groups is 1. The summed E-state index contributed by atoms with van der Waals surface area (Å²) in [5, 5.41) is 2.06. The lowest BCUT2D eigenvalue weighted by molar-refractivity contribution is -0.109. The number of hydrogen-bond acceptors (Lipinski definition) is 1. The van der Waals surface area contributed by atoms with Gasteiger partial charge in [0.2, 0.25) is 5.78 Å². The third kappa shape index (κ3) is 2.57. The molecule has 1 fully saturated rings. The molecule has 1 aliphatic heterocycles. The van der Waals surface area contributed by atoms with Gasteiger partial charge in [0.1, 0.15) is 5.37 Å². The van der Waals surface area contributed by atoms with Gasteiger partial charge in [0.05, 0.1) is 11.5 Å². The Hall–Kier alpha value is -0.370. The Balaban J connectivity index is 2.00. The van der Waals surface area contributed by atoms with E-state index < -0.39 is 0 Å². The molecule has 0 amide bonds. The van der Waals surface area contributed by atoms with E-state index >= 15 is 0 Å². The molecule has 2 rings (SSSR count). The van der Waals surface area contributed by atoms with Crippen LogP contribution in [0.1, 0.15) is 38.5 Å². The molecule has 0 aromatic heterocycles. The summed E-state index contributed by atoms with van der Waals surface area (Å²) in [4.78, 5) is 11.8. The van der Waals surface area contributed by atoms with Crippen LogP contribution in [0.25, 0.3) is 0 Å². The standard InChI is InChI=1S/C12H18OS/c13-12(10-14-8-4-5-9-14)11-6-2-1-3-7-11/h6,10H,1-5,7-9H2/p+1. The summed E-state index contributed by atoms with van der Waals surface area (Å²) in [7, 11) is -0.0247. The second-order valence-electron chi connectivity index (χ2n) is 4.21. The van der Waals surface area contributed by atoms with Crippen LogP contribution in [-0.2, 0) is 15.3 Å². The van der Waals surface area contributed by atoms with Crippen LogP contribution >= 0.6 is 0 Å². The lowest BCUT2D eigenvalue weighted by Crippen LogP contribution is -2.11. The first-order chi connectivity index (χ1) is 6.86. The lowest BCUT2D eigenvalue weighted by Gasteiger charge is -2.08. The van der Waals surface area contributed by atoms with Crippen molar-refractivity contribution in [3.05, 3.63) is 11.6 Å². The third-order valence-electron chi connectivity index (χ3n) is 3.05. The van der Waals surface area contributed by atoms with Crippen LogP contribution in [-0.4, -0.2) is 22.7 Å². The van der Waals surface area contributed by atoms with E-state index in [-0.39, 0.29) is 10.5 Å². The zero-order chi connectivity index (χ0) is 9.80. The van der Waals surface area contributed by atoms with Gasteiger partial charge in [0.15, 0.2) is 0 Å². The van der Waals surface area contributed by atoms with Crippen LogP contribution in [0, 0.1) is 0 Å². The average Bonchev–Trinajstić information content (AvgIpc) is 2.72. The van der Waals surface area contributed by atoms with Crippen LogP contribution in [0.4, 0.5) is 0 Å². The Morgan fingerprint density at radius 3 is 2.64 bits per heavy atom. The van der Waals surface area contributed by atoms with E-state index in [1.807, 2.05) is 0 Å². The van der Waals surface area contributed by atoms with Gasteiger partial charge in [-0.1, -0.05) is 6.08 Å². The third-order valence-corrected chi connectivity index (χ3v) is 5.43. The minimum absolute atomic E-state index is 0.0247. The van der Waals surface area contributed by atoms with Crippen molar-refractivity contribution in [3.8, 4) is 0 Å². The molecule has 1 heterocycles. The van der Waals surface area contributed by atoms with E-state index in [2.05, 4.69) is 11.4 Å². The maximum absolute atomic E-state index is 11.8. The summed E-state index contributed by atoms with van der Waals surface area (Å²) in [5.41, 5.74) is 1.10. The molecule has 0 unspecified atom stereocenters. The molecule has 0 atom stereocenters. The van der Waals surface area contributed by atoms with Gasteiger partial charge < -0.3 is 0 Å². The molecule has 0 aromatic rings. The molecule has 78 valence electrons. The predicted molar refractivity (Wildman–Crippen MR) is 65.4 cm³/mol. The van der Waals surface area contributed by atoms with Crippen molar-refractivity contribution in [1.82, 2.24) is 0 Å². The monoisotopic (exact) mass is 211 g/mol. The molecule has 0 radical (unpaired) electrons. The number of rotatable bonds is 2. The van der Waals surface area contributed by atoms with E-state index in [1.54, 1.807) is 0 Å². The average molecular weight is 211 g/mol. The Bertz CT molecular complexity index is 281. The molecular weight excluding hydrogens is 192 g/mol. The number of allylic oxidation sites excluding steroid dienone is 2.